The number of hydrogen-bond donors (Lipinski definition) is 5. The van der Waals surface area contributed by atoms with E-state index in [4.69, 9.17) is 0 Å². The molecule has 0 atom stereocenters. The maximum atomic E-state index is 12.1. The zero-order valence-electron chi connectivity index (χ0n) is 16.4. The number of Topliss-reactive ketones (excluding diaryl/α,β-unsaturated/α-hetero) is 1. The van der Waals surface area contributed by atoms with Gasteiger partial charge in [0.25, 0.3) is 11.5 Å². The van der Waals surface area contributed by atoms with Gasteiger partial charge in [-0.25, -0.2) is 0 Å². The van der Waals surface area contributed by atoms with Crippen molar-refractivity contribution in [2.75, 3.05) is 19.6 Å². The number of aromatic nitrogens is 1. The lowest BCUT2D eigenvalue weighted by Gasteiger charge is -2.09. The van der Waals surface area contributed by atoms with Crippen LogP contribution in [-0.2, 0) is 7.05 Å². The molecule has 29 heavy (non-hydrogen) atoms. The van der Waals surface area contributed by atoms with E-state index in [9.17, 15) is 29.7 Å². The van der Waals surface area contributed by atoms with E-state index in [1.807, 2.05) is 0 Å². The average Bonchev–Trinajstić information content (AvgIpc) is 2.69. The van der Waals surface area contributed by atoms with Gasteiger partial charge in [-0.3, -0.25) is 14.4 Å². The maximum Gasteiger partial charge on any atom is 0.293 e. The van der Waals surface area contributed by atoms with Crippen molar-refractivity contribution in [2.24, 2.45) is 7.05 Å². The summed E-state index contributed by atoms with van der Waals surface area (Å²) in [5, 5.41) is 34.9. The fraction of sp³-hybridized carbons (Fsp3) is 0.350. The first-order chi connectivity index (χ1) is 13.7. The molecule has 9 nitrogen and oxygen atoms in total. The van der Waals surface area contributed by atoms with Gasteiger partial charge in [0.05, 0.1) is 11.1 Å². The molecule has 1 aromatic carbocycles. The van der Waals surface area contributed by atoms with Crippen molar-refractivity contribution in [2.45, 2.75) is 19.8 Å². The quantitative estimate of drug-likeness (QED) is 0.237. The van der Waals surface area contributed by atoms with Gasteiger partial charge in [0.2, 0.25) is 0 Å². The Morgan fingerprint density at radius 2 is 1.69 bits per heavy atom. The third-order valence-electron chi connectivity index (χ3n) is 4.49. The number of phenolic OH excluding ortho intramolecular Hbond substituents is 2. The monoisotopic (exact) mass is 403 g/mol. The Morgan fingerprint density at radius 3 is 2.41 bits per heavy atom. The molecule has 2 rings (SSSR count). The van der Waals surface area contributed by atoms with Crippen LogP contribution in [0.25, 0.3) is 0 Å². The predicted molar refractivity (Wildman–Crippen MR) is 107 cm³/mol. The number of aryl methyl sites for hydroxylation is 2. The van der Waals surface area contributed by atoms with Gasteiger partial charge < -0.3 is 30.5 Å². The zero-order chi connectivity index (χ0) is 21.6. The van der Waals surface area contributed by atoms with Crippen LogP contribution in [0.1, 0.15) is 39.1 Å². The van der Waals surface area contributed by atoms with Crippen LogP contribution in [0.15, 0.2) is 29.2 Å². The van der Waals surface area contributed by atoms with E-state index in [-0.39, 0.29) is 35.6 Å². The topological polar surface area (TPSA) is 141 Å². The van der Waals surface area contributed by atoms with E-state index in [1.165, 1.54) is 29.9 Å². The van der Waals surface area contributed by atoms with Crippen LogP contribution in [0, 0.1) is 6.92 Å². The standard InChI is InChI=1S/C20H25N3O6/c1-12-5-6-13(17(26)16(12)25)15(24)4-3-8-21-9-10-22-19(28)14-7-11-23(2)20(29)18(14)27/h5-7,11,21,25-27H,3-4,8-10H2,1-2H3,(H,22,28). The number of nitrogens with one attached hydrogen (secondary N) is 2. The number of ketones is 1. The van der Waals surface area contributed by atoms with Crippen molar-refractivity contribution >= 4 is 11.7 Å². The van der Waals surface area contributed by atoms with Gasteiger partial charge in [0.15, 0.2) is 23.0 Å². The van der Waals surface area contributed by atoms with E-state index < -0.39 is 23.0 Å². The number of rotatable bonds is 9. The fourth-order valence-corrected chi connectivity index (χ4v) is 2.70. The molecule has 0 saturated carbocycles. The Balaban J connectivity index is 1.70. The molecule has 1 aromatic heterocycles. The molecule has 1 amide bonds. The summed E-state index contributed by atoms with van der Waals surface area (Å²) >= 11 is 0. The fourth-order valence-electron chi connectivity index (χ4n) is 2.70. The minimum atomic E-state index is -0.645. The molecule has 9 heteroatoms. The van der Waals surface area contributed by atoms with Crippen molar-refractivity contribution in [3.63, 3.8) is 0 Å². The molecule has 0 unspecified atom stereocenters. The third kappa shape index (κ3) is 5.35. The number of carbonyl (C=O) groups is 2. The molecule has 0 aliphatic carbocycles. The second-order valence-corrected chi connectivity index (χ2v) is 6.65. The van der Waals surface area contributed by atoms with E-state index in [0.29, 0.717) is 25.1 Å². The summed E-state index contributed by atoms with van der Waals surface area (Å²) in [5.74, 6) is -2.10. The first kappa shape index (κ1) is 22.0. The third-order valence-corrected chi connectivity index (χ3v) is 4.49. The molecular weight excluding hydrogens is 378 g/mol. The van der Waals surface area contributed by atoms with E-state index in [2.05, 4.69) is 10.6 Å². The minimum absolute atomic E-state index is 0.0835. The predicted octanol–water partition coefficient (Wildman–Crippen LogP) is 0.793. The summed E-state index contributed by atoms with van der Waals surface area (Å²) in [7, 11) is 1.47. The Bertz CT molecular complexity index is 967. The Morgan fingerprint density at radius 1 is 0.966 bits per heavy atom. The highest BCUT2D eigenvalue weighted by Crippen LogP contribution is 2.32. The number of aromatic hydroxyl groups is 3. The number of carbonyl (C=O) groups excluding carboxylic acids is 2. The first-order valence-corrected chi connectivity index (χ1v) is 9.16. The van der Waals surface area contributed by atoms with Crippen LogP contribution >= 0.6 is 0 Å². The summed E-state index contributed by atoms with van der Waals surface area (Å²) in [5.41, 5.74) is -0.144. The van der Waals surface area contributed by atoms with Crippen LogP contribution < -0.4 is 16.2 Å². The molecule has 156 valence electrons. The number of pyridine rings is 1. The molecule has 0 aliphatic rings. The molecule has 2 aromatic rings. The lowest BCUT2D eigenvalue weighted by atomic mass is 10.0. The molecule has 5 N–H and O–H groups in total. The highest BCUT2D eigenvalue weighted by molar-refractivity contribution is 5.99. The summed E-state index contributed by atoms with van der Waals surface area (Å²) in [6, 6.07) is 4.43. The first-order valence-electron chi connectivity index (χ1n) is 9.16. The number of benzene rings is 1. The second kappa shape index (κ2) is 9.74. The molecule has 0 saturated heterocycles. The lowest BCUT2D eigenvalue weighted by molar-refractivity contribution is 0.0949. The highest BCUT2D eigenvalue weighted by atomic mass is 16.3. The minimum Gasteiger partial charge on any atom is -0.504 e. The van der Waals surface area contributed by atoms with Gasteiger partial charge >= 0.3 is 0 Å². The van der Waals surface area contributed by atoms with Gasteiger partial charge in [-0.15, -0.1) is 0 Å². The van der Waals surface area contributed by atoms with E-state index in [1.54, 1.807) is 13.0 Å². The van der Waals surface area contributed by atoms with Gasteiger partial charge in [-0.2, -0.15) is 0 Å². The summed E-state index contributed by atoms with van der Waals surface area (Å²) in [4.78, 5) is 35.8. The van der Waals surface area contributed by atoms with Crippen molar-refractivity contribution in [3.8, 4) is 17.2 Å². The summed E-state index contributed by atoms with van der Waals surface area (Å²) in [6.45, 7) is 2.85. The van der Waals surface area contributed by atoms with Crippen molar-refractivity contribution in [1.29, 1.82) is 0 Å². The Kier molecular flexibility index (Phi) is 7.38. The van der Waals surface area contributed by atoms with Gasteiger partial charge in [-0.1, -0.05) is 6.07 Å². The molecule has 0 radical (unpaired) electrons. The largest absolute Gasteiger partial charge is 0.504 e. The average molecular weight is 403 g/mol. The van der Waals surface area contributed by atoms with Gasteiger partial charge in [0, 0.05) is 32.8 Å². The van der Waals surface area contributed by atoms with Crippen molar-refractivity contribution in [3.05, 3.63) is 51.4 Å². The summed E-state index contributed by atoms with van der Waals surface area (Å²) < 4.78 is 1.17. The molecule has 0 spiro atoms. The smallest absolute Gasteiger partial charge is 0.293 e. The molecule has 1 heterocycles. The Labute approximate surface area is 167 Å². The van der Waals surface area contributed by atoms with Crippen LogP contribution in [0.4, 0.5) is 0 Å². The maximum absolute atomic E-state index is 12.1. The van der Waals surface area contributed by atoms with E-state index >= 15 is 0 Å². The Hall–Kier alpha value is -3.33. The zero-order valence-corrected chi connectivity index (χ0v) is 16.4. The molecule has 0 fully saturated rings. The molecular formula is C20H25N3O6. The molecule has 0 aliphatic heterocycles. The van der Waals surface area contributed by atoms with Crippen LogP contribution in [0.5, 0.6) is 17.2 Å². The van der Waals surface area contributed by atoms with Gasteiger partial charge in [0.1, 0.15) is 0 Å². The lowest BCUT2D eigenvalue weighted by Crippen LogP contribution is -2.33. The summed E-state index contributed by atoms with van der Waals surface area (Å²) in [6.07, 6.45) is 2.10. The van der Waals surface area contributed by atoms with Crippen LogP contribution in [0.3, 0.4) is 0 Å². The van der Waals surface area contributed by atoms with Crippen LogP contribution in [-0.4, -0.2) is 51.2 Å². The highest BCUT2D eigenvalue weighted by Gasteiger charge is 2.16. The van der Waals surface area contributed by atoms with Gasteiger partial charge in [-0.05, 0) is 37.6 Å². The second-order valence-electron chi connectivity index (χ2n) is 6.65. The number of amides is 1. The number of hydrogen-bond acceptors (Lipinski definition) is 7. The van der Waals surface area contributed by atoms with Crippen molar-refractivity contribution in [1.82, 2.24) is 15.2 Å². The molecule has 0 bridgehead atoms. The SMILES string of the molecule is Cc1ccc(C(=O)CCCNCCNC(=O)c2ccn(C)c(=O)c2O)c(O)c1O. The van der Waals surface area contributed by atoms with Crippen molar-refractivity contribution < 1.29 is 24.9 Å². The van der Waals surface area contributed by atoms with E-state index in [0.717, 1.165) is 0 Å². The number of nitrogens with zero attached hydrogens (tertiary/aromatic N) is 1. The van der Waals surface area contributed by atoms with Crippen LogP contribution in [0.2, 0.25) is 0 Å². The number of phenols is 2. The normalized spacial score (nSPS) is 10.7.